The van der Waals surface area contributed by atoms with Gasteiger partial charge in [0.1, 0.15) is 0 Å². The molecule has 0 aromatic carbocycles. The predicted octanol–water partition coefficient (Wildman–Crippen LogP) is -0.324. The largest absolute Gasteiger partial charge is 0.401 e. The van der Waals surface area contributed by atoms with Gasteiger partial charge in [-0.25, -0.2) is 10.2 Å². The SMILES string of the molecule is C[C@H]1[C@H](/C=N\NC(N)=O)C(N)=C(C#N)C1(C#N)C#N. The van der Waals surface area contributed by atoms with Gasteiger partial charge in [-0.05, 0) is 0 Å². The van der Waals surface area contributed by atoms with E-state index in [9.17, 15) is 15.3 Å². The first-order chi connectivity index (χ1) is 8.94. The van der Waals surface area contributed by atoms with Crippen LogP contribution < -0.4 is 16.9 Å². The van der Waals surface area contributed by atoms with Crippen LogP contribution >= 0.6 is 0 Å². The lowest BCUT2D eigenvalue weighted by Gasteiger charge is -2.20. The molecule has 0 saturated heterocycles. The van der Waals surface area contributed by atoms with Crippen molar-refractivity contribution in [3.8, 4) is 18.2 Å². The summed E-state index contributed by atoms with van der Waals surface area (Å²) < 4.78 is 0. The van der Waals surface area contributed by atoms with Crippen LogP contribution in [0.1, 0.15) is 6.92 Å². The minimum atomic E-state index is -1.59. The molecule has 2 amide bonds. The number of hydrogen-bond acceptors (Lipinski definition) is 6. The Morgan fingerprint density at radius 1 is 1.47 bits per heavy atom. The van der Waals surface area contributed by atoms with Gasteiger partial charge in [0.05, 0.1) is 23.8 Å². The summed E-state index contributed by atoms with van der Waals surface area (Å²) in [5.41, 5.74) is 11.1. The Kier molecular flexibility index (Phi) is 3.74. The molecule has 0 spiro atoms. The van der Waals surface area contributed by atoms with Crippen molar-refractivity contribution in [3.05, 3.63) is 11.3 Å². The molecule has 8 nitrogen and oxygen atoms in total. The topological polar surface area (TPSA) is 165 Å². The fraction of sp³-hybridized carbons (Fsp3) is 0.364. The Balaban J connectivity index is 3.21. The number of allylic oxidation sites excluding steroid dienone is 2. The molecule has 2 atom stereocenters. The van der Waals surface area contributed by atoms with E-state index in [1.54, 1.807) is 13.0 Å². The smallest absolute Gasteiger partial charge is 0.332 e. The van der Waals surface area contributed by atoms with E-state index in [1.807, 2.05) is 17.6 Å². The number of nitrogens with zero attached hydrogens (tertiary/aromatic N) is 4. The maximum atomic E-state index is 10.5. The van der Waals surface area contributed by atoms with Crippen molar-refractivity contribution in [1.82, 2.24) is 5.43 Å². The summed E-state index contributed by atoms with van der Waals surface area (Å²) in [6.07, 6.45) is 1.26. The number of carbonyl (C=O) groups is 1. The van der Waals surface area contributed by atoms with Gasteiger partial charge in [-0.15, -0.1) is 0 Å². The van der Waals surface area contributed by atoms with Gasteiger partial charge in [-0.2, -0.15) is 20.9 Å². The van der Waals surface area contributed by atoms with Crippen LogP contribution in [-0.2, 0) is 0 Å². The highest BCUT2D eigenvalue weighted by Gasteiger charge is 2.52. The third-order valence-electron chi connectivity index (χ3n) is 3.14. The van der Waals surface area contributed by atoms with Crippen LogP contribution in [0.5, 0.6) is 0 Å². The van der Waals surface area contributed by atoms with Crippen molar-refractivity contribution >= 4 is 12.2 Å². The van der Waals surface area contributed by atoms with Gasteiger partial charge in [0.2, 0.25) is 0 Å². The Labute approximate surface area is 109 Å². The summed E-state index contributed by atoms with van der Waals surface area (Å²) in [7, 11) is 0. The number of nitrogens with one attached hydrogen (secondary N) is 1. The molecule has 8 heteroatoms. The number of nitriles is 3. The Morgan fingerprint density at radius 2 is 2.05 bits per heavy atom. The van der Waals surface area contributed by atoms with Gasteiger partial charge in [0.15, 0.2) is 5.41 Å². The number of amides is 2. The first-order valence-electron chi connectivity index (χ1n) is 5.26. The number of hydrazone groups is 1. The van der Waals surface area contributed by atoms with Crippen LogP contribution in [0.2, 0.25) is 0 Å². The van der Waals surface area contributed by atoms with Crippen molar-refractivity contribution in [2.45, 2.75) is 6.92 Å². The van der Waals surface area contributed by atoms with Gasteiger partial charge in [0.25, 0.3) is 0 Å². The van der Waals surface area contributed by atoms with Crippen molar-refractivity contribution in [2.24, 2.45) is 33.8 Å². The van der Waals surface area contributed by atoms with Gasteiger partial charge >= 0.3 is 6.03 Å². The minimum Gasteiger partial charge on any atom is -0.401 e. The molecule has 0 heterocycles. The van der Waals surface area contributed by atoms with Crippen molar-refractivity contribution in [1.29, 1.82) is 15.8 Å². The second-order valence-corrected chi connectivity index (χ2v) is 4.04. The average molecular weight is 257 g/mol. The summed E-state index contributed by atoms with van der Waals surface area (Å²) in [6.45, 7) is 1.62. The Bertz CT molecular complexity index is 570. The number of primary amides is 1. The van der Waals surface area contributed by atoms with Crippen molar-refractivity contribution in [3.63, 3.8) is 0 Å². The molecule has 1 aliphatic rings. The maximum absolute atomic E-state index is 10.5. The lowest BCUT2D eigenvalue weighted by atomic mass is 9.75. The molecule has 0 aromatic heterocycles. The van der Waals surface area contributed by atoms with Crippen LogP contribution in [-0.4, -0.2) is 12.2 Å². The quantitative estimate of drug-likeness (QED) is 0.454. The molecular formula is C11H11N7O. The number of rotatable bonds is 2. The summed E-state index contributed by atoms with van der Waals surface area (Å²) >= 11 is 0. The van der Waals surface area contributed by atoms with E-state index in [1.165, 1.54) is 6.21 Å². The maximum Gasteiger partial charge on any atom is 0.332 e. The second-order valence-electron chi connectivity index (χ2n) is 4.04. The first-order valence-corrected chi connectivity index (χ1v) is 5.26. The molecule has 1 aliphatic carbocycles. The summed E-state index contributed by atoms with van der Waals surface area (Å²) in [5.74, 6) is -1.16. The molecule has 0 aromatic rings. The molecule has 96 valence electrons. The fourth-order valence-corrected chi connectivity index (χ4v) is 2.04. The van der Waals surface area contributed by atoms with Crippen LogP contribution in [0.25, 0.3) is 0 Å². The van der Waals surface area contributed by atoms with E-state index in [4.69, 9.17) is 16.7 Å². The van der Waals surface area contributed by atoms with E-state index < -0.39 is 23.3 Å². The monoisotopic (exact) mass is 257 g/mol. The predicted molar refractivity (Wildman–Crippen MR) is 64.4 cm³/mol. The lowest BCUT2D eigenvalue weighted by Crippen LogP contribution is -2.29. The number of hydrogen-bond donors (Lipinski definition) is 3. The van der Waals surface area contributed by atoms with E-state index >= 15 is 0 Å². The Morgan fingerprint density at radius 3 is 2.42 bits per heavy atom. The number of nitrogens with two attached hydrogens (primary N) is 2. The zero-order chi connectivity index (χ0) is 14.6. The van der Waals surface area contributed by atoms with Crippen molar-refractivity contribution in [2.75, 3.05) is 0 Å². The molecule has 1 rings (SSSR count). The fourth-order valence-electron chi connectivity index (χ4n) is 2.04. The number of carbonyl (C=O) groups excluding carboxylic acids is 1. The van der Waals surface area contributed by atoms with Crippen LogP contribution in [0.3, 0.4) is 0 Å². The van der Waals surface area contributed by atoms with Crippen LogP contribution in [0.4, 0.5) is 4.79 Å². The zero-order valence-electron chi connectivity index (χ0n) is 10.1. The van der Waals surface area contributed by atoms with E-state index in [-0.39, 0.29) is 11.3 Å². The van der Waals surface area contributed by atoms with E-state index in [0.29, 0.717) is 0 Å². The highest BCUT2D eigenvalue weighted by Crippen LogP contribution is 2.47. The normalized spacial score (nSPS) is 24.5. The summed E-state index contributed by atoms with van der Waals surface area (Å²) in [5, 5.41) is 31.0. The van der Waals surface area contributed by atoms with Gasteiger partial charge in [-0.3, -0.25) is 0 Å². The van der Waals surface area contributed by atoms with Gasteiger partial charge in [0, 0.05) is 23.7 Å². The molecule has 0 saturated carbocycles. The molecular weight excluding hydrogens is 246 g/mol. The highest BCUT2D eigenvalue weighted by atomic mass is 16.2. The Hall–Kier alpha value is -3.05. The standard InChI is InChI=1S/C11H11N7O/c1-6-7(3-17-18-10(16)19)9(15)8(2-12)11(6,4-13)5-14/h3,6-7H,15H2,1H3,(H3,16,18,19)/b17-3-/t6-,7-/m0/s1. The molecule has 0 fully saturated rings. The molecule has 0 bridgehead atoms. The molecule has 0 aliphatic heterocycles. The van der Waals surface area contributed by atoms with Crippen LogP contribution in [0, 0.1) is 51.2 Å². The molecule has 0 unspecified atom stereocenters. The summed E-state index contributed by atoms with van der Waals surface area (Å²) in [4.78, 5) is 10.5. The average Bonchev–Trinajstić information content (AvgIpc) is 2.58. The zero-order valence-corrected chi connectivity index (χ0v) is 10.1. The summed E-state index contributed by atoms with van der Waals surface area (Å²) in [6, 6.07) is 4.64. The third kappa shape index (κ3) is 2.05. The molecule has 19 heavy (non-hydrogen) atoms. The lowest BCUT2D eigenvalue weighted by molar-refractivity contribution is 0.249. The highest BCUT2D eigenvalue weighted by molar-refractivity contribution is 5.75. The van der Waals surface area contributed by atoms with Crippen molar-refractivity contribution < 1.29 is 4.79 Å². The van der Waals surface area contributed by atoms with Gasteiger partial charge in [-0.1, -0.05) is 6.92 Å². The third-order valence-corrected chi connectivity index (χ3v) is 3.14. The van der Waals surface area contributed by atoms with E-state index in [0.717, 1.165) is 0 Å². The number of urea groups is 1. The van der Waals surface area contributed by atoms with Crippen LogP contribution in [0.15, 0.2) is 16.4 Å². The second kappa shape index (κ2) is 5.07. The van der Waals surface area contributed by atoms with Gasteiger partial charge < -0.3 is 11.5 Å². The minimum absolute atomic E-state index is 0.0690. The molecule has 5 N–H and O–H groups in total. The molecule has 0 radical (unpaired) electrons. The first kappa shape index (κ1) is 14.0. The van der Waals surface area contributed by atoms with E-state index in [2.05, 4.69) is 5.10 Å².